The summed E-state index contributed by atoms with van der Waals surface area (Å²) in [7, 11) is 0. The highest BCUT2D eigenvalue weighted by Gasteiger charge is 2.80. The second kappa shape index (κ2) is 2.83. The maximum atomic E-state index is 12.5. The Morgan fingerprint density at radius 1 is 1.06 bits per heavy atom. The van der Waals surface area contributed by atoms with Crippen LogP contribution in [0.3, 0.4) is 0 Å². The third kappa shape index (κ3) is 0.810. The number of carbonyl (C=O) groups excluding carboxylic acids is 2. The van der Waals surface area contributed by atoms with Gasteiger partial charge in [0.05, 0.1) is 0 Å². The molecule has 6 aliphatic rings. The van der Waals surface area contributed by atoms with E-state index < -0.39 is 0 Å². The predicted molar refractivity (Wildman–Crippen MR) is 62.3 cm³/mol. The fraction of sp³-hybridized carbons (Fsp3) is 0.867. The van der Waals surface area contributed by atoms with Crippen molar-refractivity contribution in [2.75, 3.05) is 0 Å². The van der Waals surface area contributed by atoms with Gasteiger partial charge in [-0.3, -0.25) is 9.59 Å². The van der Waals surface area contributed by atoms with Crippen LogP contribution in [-0.4, -0.2) is 17.9 Å². The summed E-state index contributed by atoms with van der Waals surface area (Å²) in [4.78, 5) is 23.8. The topological polar surface area (TPSA) is 43.4 Å². The van der Waals surface area contributed by atoms with E-state index in [-0.39, 0.29) is 23.9 Å². The number of hydrogen-bond donors (Lipinski definition) is 0. The summed E-state index contributed by atoms with van der Waals surface area (Å²) in [5.74, 6) is 4.45. The zero-order valence-electron chi connectivity index (χ0n) is 10.5. The van der Waals surface area contributed by atoms with E-state index in [4.69, 9.17) is 4.74 Å². The van der Waals surface area contributed by atoms with Crippen molar-refractivity contribution in [3.8, 4) is 0 Å². The first-order valence-electron chi connectivity index (χ1n) is 7.41. The Bertz CT molecular complexity index is 470. The number of ether oxygens (including phenoxy) is 1. The standard InChI is InChI=1S/C15H18O3/c1-5(16)18-15-11-7-4-2-3-6-8-9(7)13(15)12(8)14(17)10(6)11/h6-13,15H,2-4H2,1H3. The van der Waals surface area contributed by atoms with E-state index in [9.17, 15) is 9.59 Å². The minimum absolute atomic E-state index is 0.0875. The second-order valence-electron chi connectivity index (χ2n) is 7.10. The molecule has 9 unspecified atom stereocenters. The molecule has 0 aliphatic heterocycles. The molecule has 3 heteroatoms. The van der Waals surface area contributed by atoms with Crippen LogP contribution < -0.4 is 0 Å². The summed E-state index contributed by atoms with van der Waals surface area (Å²) in [6.07, 6.45) is 3.90. The number of hydrogen-bond acceptors (Lipinski definition) is 3. The number of esters is 1. The Morgan fingerprint density at radius 2 is 1.83 bits per heavy atom. The number of Topliss-reactive ketones (excluding diaryl/α,β-unsaturated/α-hetero) is 1. The molecule has 0 aromatic rings. The Hall–Kier alpha value is -0.860. The van der Waals surface area contributed by atoms with E-state index in [1.807, 2.05) is 0 Å². The molecule has 6 fully saturated rings. The highest BCUT2D eigenvalue weighted by molar-refractivity contribution is 5.91. The monoisotopic (exact) mass is 246 g/mol. The number of rotatable bonds is 1. The van der Waals surface area contributed by atoms with Gasteiger partial charge < -0.3 is 4.74 Å². The van der Waals surface area contributed by atoms with Gasteiger partial charge in [-0.2, -0.15) is 0 Å². The van der Waals surface area contributed by atoms with Crippen LogP contribution in [0.1, 0.15) is 26.2 Å². The average Bonchev–Trinajstić information content (AvgIpc) is 2.55. The largest absolute Gasteiger partial charge is 0.462 e. The maximum absolute atomic E-state index is 12.5. The first-order valence-corrected chi connectivity index (χ1v) is 7.41. The number of fused-ring (bicyclic) bond motifs is 3. The van der Waals surface area contributed by atoms with E-state index in [2.05, 4.69) is 0 Å². The second-order valence-corrected chi connectivity index (χ2v) is 7.10. The summed E-state index contributed by atoms with van der Waals surface area (Å²) in [5, 5.41) is 0. The van der Waals surface area contributed by atoms with Gasteiger partial charge in [0.1, 0.15) is 11.9 Å². The lowest BCUT2D eigenvalue weighted by atomic mass is 9.55. The van der Waals surface area contributed by atoms with E-state index in [0.29, 0.717) is 35.4 Å². The normalized spacial score (nSPS) is 61.8. The van der Waals surface area contributed by atoms with Crippen LogP contribution in [0.5, 0.6) is 0 Å². The van der Waals surface area contributed by atoms with E-state index in [0.717, 1.165) is 5.92 Å². The van der Waals surface area contributed by atoms with Gasteiger partial charge in [-0.15, -0.1) is 0 Å². The third-order valence-electron chi connectivity index (χ3n) is 6.87. The van der Waals surface area contributed by atoms with E-state index in [1.165, 1.54) is 26.2 Å². The SMILES string of the molecule is CC(=O)OC1C2C3CCCC4C2C(=O)C2C4C3C12. The molecule has 0 heterocycles. The molecule has 3 nitrogen and oxygen atoms in total. The molecule has 0 radical (unpaired) electrons. The zero-order valence-corrected chi connectivity index (χ0v) is 10.5. The molecule has 0 saturated heterocycles. The molecule has 6 rings (SSSR count). The van der Waals surface area contributed by atoms with Gasteiger partial charge >= 0.3 is 5.97 Å². The lowest BCUT2D eigenvalue weighted by Gasteiger charge is -2.48. The predicted octanol–water partition coefficient (Wildman–Crippen LogP) is 1.66. The van der Waals surface area contributed by atoms with Crippen LogP contribution in [0.2, 0.25) is 0 Å². The minimum Gasteiger partial charge on any atom is -0.462 e. The molecule has 0 spiro atoms. The Labute approximate surface area is 106 Å². The van der Waals surface area contributed by atoms with Gasteiger partial charge in [-0.25, -0.2) is 0 Å². The zero-order chi connectivity index (χ0) is 12.2. The van der Waals surface area contributed by atoms with Crippen molar-refractivity contribution in [3.05, 3.63) is 0 Å². The summed E-state index contributed by atoms with van der Waals surface area (Å²) in [6.45, 7) is 1.51. The molecule has 6 saturated carbocycles. The number of ketones is 1. The Morgan fingerprint density at radius 3 is 2.61 bits per heavy atom. The van der Waals surface area contributed by atoms with Crippen LogP contribution in [0.4, 0.5) is 0 Å². The van der Waals surface area contributed by atoms with Gasteiger partial charge in [0, 0.05) is 30.6 Å². The molecular weight excluding hydrogens is 228 g/mol. The summed E-state index contributed by atoms with van der Waals surface area (Å²) >= 11 is 0. The summed E-state index contributed by atoms with van der Waals surface area (Å²) < 4.78 is 5.64. The Balaban J connectivity index is 1.64. The van der Waals surface area contributed by atoms with Crippen LogP contribution in [0, 0.1) is 47.3 Å². The van der Waals surface area contributed by atoms with Crippen molar-refractivity contribution in [2.45, 2.75) is 32.3 Å². The quantitative estimate of drug-likeness (QED) is 0.661. The van der Waals surface area contributed by atoms with Crippen LogP contribution in [-0.2, 0) is 14.3 Å². The first kappa shape index (κ1) is 9.99. The van der Waals surface area contributed by atoms with Gasteiger partial charge in [-0.05, 0) is 36.5 Å². The van der Waals surface area contributed by atoms with Crippen molar-refractivity contribution in [2.24, 2.45) is 47.3 Å². The molecule has 9 atom stereocenters. The van der Waals surface area contributed by atoms with E-state index >= 15 is 0 Å². The Kier molecular flexibility index (Phi) is 1.57. The van der Waals surface area contributed by atoms with Crippen molar-refractivity contribution >= 4 is 11.8 Å². The molecule has 18 heavy (non-hydrogen) atoms. The smallest absolute Gasteiger partial charge is 0.302 e. The molecule has 0 N–H and O–H groups in total. The van der Waals surface area contributed by atoms with Crippen LogP contribution in [0.25, 0.3) is 0 Å². The van der Waals surface area contributed by atoms with Crippen LogP contribution in [0.15, 0.2) is 0 Å². The highest BCUT2D eigenvalue weighted by Crippen LogP contribution is 2.78. The third-order valence-corrected chi connectivity index (χ3v) is 6.87. The first-order chi connectivity index (χ1) is 8.70. The lowest BCUT2D eigenvalue weighted by Crippen LogP contribution is -2.51. The van der Waals surface area contributed by atoms with Gasteiger partial charge in [0.2, 0.25) is 0 Å². The molecular formula is C15H18O3. The van der Waals surface area contributed by atoms with Gasteiger partial charge in [0.25, 0.3) is 0 Å². The molecule has 96 valence electrons. The van der Waals surface area contributed by atoms with Crippen molar-refractivity contribution in [1.29, 1.82) is 0 Å². The summed E-state index contributed by atoms with van der Waals surface area (Å²) in [6, 6.07) is 0. The minimum atomic E-state index is -0.155. The molecule has 0 aromatic heterocycles. The molecule has 0 amide bonds. The molecule has 0 aromatic carbocycles. The van der Waals surface area contributed by atoms with Crippen molar-refractivity contribution in [1.82, 2.24) is 0 Å². The fourth-order valence-electron chi connectivity index (χ4n) is 6.84. The fourth-order valence-corrected chi connectivity index (χ4v) is 6.84. The van der Waals surface area contributed by atoms with Crippen LogP contribution >= 0.6 is 0 Å². The van der Waals surface area contributed by atoms with E-state index in [1.54, 1.807) is 0 Å². The lowest BCUT2D eigenvalue weighted by molar-refractivity contribution is -0.164. The van der Waals surface area contributed by atoms with Gasteiger partial charge in [0.15, 0.2) is 0 Å². The maximum Gasteiger partial charge on any atom is 0.302 e. The molecule has 6 bridgehead atoms. The summed E-state index contributed by atoms with van der Waals surface area (Å²) in [5.41, 5.74) is 0. The highest BCUT2D eigenvalue weighted by atomic mass is 16.5. The van der Waals surface area contributed by atoms with Crippen molar-refractivity contribution < 1.29 is 14.3 Å². The molecule has 6 aliphatic carbocycles. The number of carbonyl (C=O) groups is 2. The van der Waals surface area contributed by atoms with Crippen molar-refractivity contribution in [3.63, 3.8) is 0 Å². The average molecular weight is 246 g/mol. The van der Waals surface area contributed by atoms with Gasteiger partial charge in [-0.1, -0.05) is 6.42 Å².